The molecule has 4 aliphatic rings. The van der Waals surface area contributed by atoms with Gasteiger partial charge in [-0.25, -0.2) is 4.79 Å². The van der Waals surface area contributed by atoms with Crippen LogP contribution in [-0.2, 0) is 9.53 Å². The molecule has 0 aliphatic heterocycles. The summed E-state index contributed by atoms with van der Waals surface area (Å²) >= 11 is 0. The number of carbonyl (C=O) groups excluding carboxylic acids is 1. The summed E-state index contributed by atoms with van der Waals surface area (Å²) in [5.74, 6) is 5.69. The second kappa shape index (κ2) is 11.3. The summed E-state index contributed by atoms with van der Waals surface area (Å²) in [6.07, 6.45) is 7.06. The lowest BCUT2D eigenvalue weighted by atomic mass is 9.54. The zero-order valence-corrected chi connectivity index (χ0v) is 26.4. The Hall–Kier alpha value is -4.23. The molecule has 0 unspecified atom stereocenters. The molecule has 7 heteroatoms. The van der Waals surface area contributed by atoms with E-state index in [9.17, 15) is 4.79 Å². The van der Waals surface area contributed by atoms with Crippen molar-refractivity contribution in [2.45, 2.75) is 44.1 Å². The lowest BCUT2D eigenvalue weighted by molar-refractivity contribution is -0.188. The molecule has 4 fully saturated rings. The number of methoxy groups -OCH3 is 2. The van der Waals surface area contributed by atoms with Gasteiger partial charge in [-0.15, -0.1) is 0 Å². The Morgan fingerprint density at radius 3 is 1.64 bits per heavy atom. The number of hydrogen-bond donors (Lipinski definition) is 0. The normalized spacial score (nSPS) is 23.3. The molecule has 1 heterocycles. The first-order valence-corrected chi connectivity index (χ1v) is 17.0. The van der Waals surface area contributed by atoms with E-state index in [2.05, 4.69) is 36.4 Å². The third-order valence-electron chi connectivity index (χ3n) is 9.89. The maximum absolute atomic E-state index is 12.7. The smallest absolute Gasteiger partial charge is 0.344 e. The summed E-state index contributed by atoms with van der Waals surface area (Å²) < 4.78 is 31.6. The minimum atomic E-state index is -0.260. The Balaban J connectivity index is 0.932. The zero-order chi connectivity index (χ0) is 30.5. The van der Waals surface area contributed by atoms with Crippen molar-refractivity contribution in [3.8, 4) is 33.6 Å². The van der Waals surface area contributed by atoms with Gasteiger partial charge in [-0.2, -0.15) is 0 Å². The zero-order valence-electron chi connectivity index (χ0n) is 25.6. The van der Waals surface area contributed by atoms with Gasteiger partial charge in [0.05, 0.1) is 25.0 Å². The molecule has 230 valence electrons. The third-order valence-corrected chi connectivity index (χ3v) is 12.2. The molecule has 4 aromatic carbocycles. The van der Waals surface area contributed by atoms with Crippen molar-refractivity contribution >= 4 is 36.6 Å². The average molecular weight is 622 g/mol. The number of carbonyl (C=O) groups is 1. The lowest BCUT2D eigenvalue weighted by Gasteiger charge is -2.55. The number of fused-ring (bicyclic) bond motifs is 3. The highest BCUT2D eigenvalue weighted by Gasteiger charge is 2.53. The van der Waals surface area contributed by atoms with E-state index in [0.717, 1.165) is 54.3 Å². The highest BCUT2D eigenvalue weighted by Crippen LogP contribution is 2.57. The fourth-order valence-electron chi connectivity index (χ4n) is 8.37. The predicted molar refractivity (Wildman–Crippen MR) is 177 cm³/mol. The molecule has 0 spiro atoms. The summed E-state index contributed by atoms with van der Waals surface area (Å²) in [7, 11) is 3.14. The van der Waals surface area contributed by atoms with Crippen LogP contribution in [0.3, 0.4) is 0 Å². The van der Waals surface area contributed by atoms with E-state index in [1.165, 1.54) is 44.3 Å². The van der Waals surface area contributed by atoms with Crippen molar-refractivity contribution in [2.75, 3.05) is 20.8 Å². The van der Waals surface area contributed by atoms with E-state index in [0.29, 0.717) is 11.5 Å². The van der Waals surface area contributed by atoms with Gasteiger partial charge in [-0.3, -0.25) is 0 Å². The number of rotatable bonds is 9. The molecule has 1 aromatic heterocycles. The fraction of sp³-hybridized carbons (Fsp3) is 0.342. The Kier molecular flexibility index (Phi) is 7.09. The number of benzene rings is 4. The molecule has 4 aliphatic carbocycles. The second-order valence-corrected chi connectivity index (χ2v) is 14.9. The van der Waals surface area contributed by atoms with Gasteiger partial charge in [0, 0.05) is 34.7 Å². The molecule has 0 atom stereocenters. The first-order chi connectivity index (χ1) is 22.0. The first-order valence-electron chi connectivity index (χ1n) is 15.8. The molecule has 45 heavy (non-hydrogen) atoms. The molecular formula is C38H37O6S+. The minimum absolute atomic E-state index is 0.0722. The summed E-state index contributed by atoms with van der Waals surface area (Å²) in [5.41, 5.74) is -0.242. The maximum Gasteiger partial charge on any atom is 0.344 e. The van der Waals surface area contributed by atoms with Crippen LogP contribution < -0.4 is 18.9 Å². The molecule has 0 saturated heterocycles. The molecule has 9 rings (SSSR count). The van der Waals surface area contributed by atoms with E-state index < -0.39 is 0 Å². The second-order valence-electron chi connectivity index (χ2n) is 12.9. The van der Waals surface area contributed by atoms with Crippen LogP contribution in [0.1, 0.15) is 38.5 Å². The number of hydrogen-bond acceptors (Lipinski definition) is 6. The van der Waals surface area contributed by atoms with E-state index >= 15 is 0 Å². The van der Waals surface area contributed by atoms with E-state index in [1.807, 2.05) is 48.5 Å². The van der Waals surface area contributed by atoms with Gasteiger partial charge in [0.25, 0.3) is 0 Å². The molecule has 4 bridgehead atoms. The number of esters is 1. The van der Waals surface area contributed by atoms with Crippen LogP contribution >= 0.6 is 10.5 Å². The number of thiophene rings is 1. The monoisotopic (exact) mass is 621 g/mol. The van der Waals surface area contributed by atoms with Crippen LogP contribution in [0.2, 0.25) is 0 Å². The Morgan fingerprint density at radius 2 is 1.13 bits per heavy atom. The van der Waals surface area contributed by atoms with E-state index in [1.54, 1.807) is 14.2 Å². The van der Waals surface area contributed by atoms with Crippen molar-refractivity contribution < 1.29 is 28.5 Å². The summed E-state index contributed by atoms with van der Waals surface area (Å²) in [5, 5.41) is 2.35. The molecule has 5 aromatic rings. The van der Waals surface area contributed by atoms with Crippen molar-refractivity contribution in [3.05, 3.63) is 84.9 Å². The third kappa shape index (κ3) is 5.37. The van der Waals surface area contributed by atoms with Crippen LogP contribution in [0.25, 0.3) is 25.1 Å². The van der Waals surface area contributed by atoms with E-state index in [4.69, 9.17) is 23.7 Å². The lowest BCUT2D eigenvalue weighted by Crippen LogP contribution is -2.53. The van der Waals surface area contributed by atoms with Gasteiger partial charge in [-0.05, 0) is 117 Å². The average Bonchev–Trinajstić information content (AvgIpc) is 3.36. The van der Waals surface area contributed by atoms with Crippen molar-refractivity contribution in [1.29, 1.82) is 0 Å². The van der Waals surface area contributed by atoms with E-state index in [-0.39, 0.29) is 28.6 Å². The molecule has 4 saturated carbocycles. The quantitative estimate of drug-likeness (QED) is 0.121. The fourth-order valence-corrected chi connectivity index (χ4v) is 10.7. The highest BCUT2D eigenvalue weighted by molar-refractivity contribution is 7.50. The van der Waals surface area contributed by atoms with Crippen LogP contribution in [0.15, 0.2) is 84.9 Å². The van der Waals surface area contributed by atoms with Crippen LogP contribution in [0.5, 0.6) is 28.7 Å². The van der Waals surface area contributed by atoms with Gasteiger partial charge in [0.15, 0.2) is 20.9 Å². The standard InChI is InChI=1S/C38H37O6S/c1-40-30-9-13-35-33(18-30)34-19-31(41-2)10-14-36(34)45(35)32-11-7-29(8-12-32)43-28-5-3-27(4-6-28)42-23-37(39)44-38-20-24-15-25(21-38)17-26(16-24)22-38/h3-14,18-19,24-26H,15-17,20-23H2,1-2H3/q+1. The van der Waals surface area contributed by atoms with Crippen LogP contribution in [0.4, 0.5) is 0 Å². The SMILES string of the molecule is COc1ccc2c(c1)c1cc(OC)ccc1[s+]2-c1ccc(Oc2ccc(OCC(=O)OC34CC5CC(CC(C5)C3)C4)cc2)cc1. The topological polar surface area (TPSA) is 63.2 Å². The van der Waals surface area contributed by atoms with Crippen LogP contribution in [-0.4, -0.2) is 32.4 Å². The predicted octanol–water partition coefficient (Wildman–Crippen LogP) is 9.43. The van der Waals surface area contributed by atoms with Gasteiger partial charge in [0.2, 0.25) is 0 Å². The number of ether oxygens (including phenoxy) is 5. The summed E-state index contributed by atoms with van der Waals surface area (Å²) in [6.45, 7) is -0.0722. The van der Waals surface area contributed by atoms with Gasteiger partial charge in [-0.1, -0.05) is 0 Å². The van der Waals surface area contributed by atoms with Gasteiger partial charge >= 0.3 is 5.97 Å². The molecule has 0 N–H and O–H groups in total. The molecule has 0 amide bonds. The first kappa shape index (κ1) is 28.3. The van der Waals surface area contributed by atoms with Crippen molar-refractivity contribution in [1.82, 2.24) is 0 Å². The Labute approximate surface area is 265 Å². The molecule has 0 radical (unpaired) electrons. The maximum atomic E-state index is 12.7. The van der Waals surface area contributed by atoms with Crippen molar-refractivity contribution in [3.63, 3.8) is 0 Å². The highest BCUT2D eigenvalue weighted by atomic mass is 32.2. The van der Waals surface area contributed by atoms with Gasteiger partial charge < -0.3 is 23.7 Å². The van der Waals surface area contributed by atoms with Gasteiger partial charge in [0.1, 0.15) is 34.3 Å². The molecule has 6 nitrogen and oxygen atoms in total. The Bertz CT molecular complexity index is 1780. The van der Waals surface area contributed by atoms with Crippen molar-refractivity contribution in [2.24, 2.45) is 17.8 Å². The summed E-state index contributed by atoms with van der Waals surface area (Å²) in [6, 6.07) is 28.3. The minimum Gasteiger partial charge on any atom is -0.497 e. The Morgan fingerprint density at radius 1 is 0.667 bits per heavy atom. The molecular weight excluding hydrogens is 584 g/mol. The van der Waals surface area contributed by atoms with Crippen LogP contribution in [0, 0.1) is 17.8 Å². The summed E-state index contributed by atoms with van der Waals surface area (Å²) in [4.78, 5) is 14.0. The largest absolute Gasteiger partial charge is 0.497 e.